The van der Waals surface area contributed by atoms with Gasteiger partial charge in [0.2, 0.25) is 5.91 Å². The Kier molecular flexibility index (Phi) is 9.67. The van der Waals surface area contributed by atoms with Gasteiger partial charge in [0.05, 0.1) is 22.5 Å². The average Bonchev–Trinajstić information content (AvgIpc) is 2.78. The summed E-state index contributed by atoms with van der Waals surface area (Å²) >= 11 is 0. The number of alkyl halides is 2. The van der Waals surface area contributed by atoms with Gasteiger partial charge in [0.25, 0.3) is 10.0 Å². The average molecular weight is 529 g/mol. The monoisotopic (exact) mass is 528 g/mol. The summed E-state index contributed by atoms with van der Waals surface area (Å²) in [6.07, 6.45) is 0. The maximum absolute atomic E-state index is 12.8. The minimum absolute atomic E-state index is 0.0546. The molecule has 0 saturated carbocycles. The van der Waals surface area contributed by atoms with E-state index in [4.69, 9.17) is 5.26 Å². The summed E-state index contributed by atoms with van der Waals surface area (Å²) in [5.41, 5.74) is -0.0546. The van der Waals surface area contributed by atoms with Gasteiger partial charge in [0, 0.05) is 5.56 Å². The molecule has 0 saturated heterocycles. The number of sulfonamides is 1. The lowest BCUT2D eigenvalue weighted by Gasteiger charge is -2.19. The molecular formula is C21H22F2N4O6S2. The molecule has 0 aliphatic carbocycles. The van der Waals surface area contributed by atoms with Crippen molar-refractivity contribution in [1.29, 1.82) is 5.26 Å². The number of halogens is 2. The summed E-state index contributed by atoms with van der Waals surface area (Å²) in [4.78, 5) is 12.4. The Balaban J connectivity index is 2.28. The van der Waals surface area contributed by atoms with Crippen molar-refractivity contribution in [2.75, 3.05) is 12.3 Å². The van der Waals surface area contributed by atoms with Crippen molar-refractivity contribution < 1.29 is 35.1 Å². The molecule has 14 heteroatoms. The molecule has 0 radical (unpaired) electrons. The van der Waals surface area contributed by atoms with Gasteiger partial charge in [-0.1, -0.05) is 36.4 Å². The maximum atomic E-state index is 12.8. The molecular weight excluding hydrogens is 506 g/mol. The van der Waals surface area contributed by atoms with Crippen LogP contribution < -0.4 is 15.4 Å². The van der Waals surface area contributed by atoms with E-state index in [1.165, 1.54) is 55.5 Å². The molecule has 2 rings (SSSR count). The number of sulfone groups is 1. The Morgan fingerprint density at radius 3 is 2.34 bits per heavy atom. The number of amidine groups is 1. The van der Waals surface area contributed by atoms with E-state index < -0.39 is 56.5 Å². The van der Waals surface area contributed by atoms with E-state index in [0.29, 0.717) is 0 Å². The van der Waals surface area contributed by atoms with Crippen LogP contribution >= 0.6 is 0 Å². The molecule has 0 bridgehead atoms. The predicted molar refractivity (Wildman–Crippen MR) is 123 cm³/mol. The Morgan fingerprint density at radius 1 is 1.09 bits per heavy atom. The summed E-state index contributed by atoms with van der Waals surface area (Å²) in [7, 11) is -8.29. The highest BCUT2D eigenvalue weighted by atomic mass is 32.2. The Bertz CT molecular complexity index is 1310. The summed E-state index contributed by atoms with van der Waals surface area (Å²) in [5, 5.41) is 13.4. The number of nitrogens with one attached hydrogen (secondary N) is 2. The van der Waals surface area contributed by atoms with Crippen LogP contribution in [0.25, 0.3) is 0 Å². The van der Waals surface area contributed by atoms with Crippen LogP contribution in [0.4, 0.5) is 8.78 Å². The second-order valence-electron chi connectivity index (χ2n) is 7.08. The number of hydrogen-bond acceptors (Lipinski definition) is 7. The van der Waals surface area contributed by atoms with Crippen molar-refractivity contribution in [3.63, 3.8) is 0 Å². The molecule has 35 heavy (non-hydrogen) atoms. The summed E-state index contributed by atoms with van der Waals surface area (Å²) in [6.45, 7) is -2.38. The van der Waals surface area contributed by atoms with Crippen molar-refractivity contribution in [2.45, 2.75) is 30.2 Å². The molecule has 0 heterocycles. The largest absolute Gasteiger partial charge is 0.435 e. The van der Waals surface area contributed by atoms with Crippen molar-refractivity contribution in [1.82, 2.24) is 10.6 Å². The van der Waals surface area contributed by atoms with Gasteiger partial charge in [-0.15, -0.1) is 4.40 Å². The van der Waals surface area contributed by atoms with Gasteiger partial charge < -0.3 is 15.4 Å². The van der Waals surface area contributed by atoms with Crippen LogP contribution in [0.5, 0.6) is 5.75 Å². The van der Waals surface area contributed by atoms with Crippen LogP contribution in [0.15, 0.2) is 63.9 Å². The fraction of sp³-hybridized carbons (Fsp3) is 0.286. The van der Waals surface area contributed by atoms with Crippen LogP contribution in [0.3, 0.4) is 0 Å². The lowest BCUT2D eigenvalue weighted by atomic mass is 10.2. The second kappa shape index (κ2) is 12.2. The van der Waals surface area contributed by atoms with Gasteiger partial charge in [-0.3, -0.25) is 4.79 Å². The first kappa shape index (κ1) is 27.7. The maximum Gasteiger partial charge on any atom is 0.387 e. The van der Waals surface area contributed by atoms with Crippen LogP contribution in [-0.4, -0.2) is 53.5 Å². The molecule has 2 aromatic rings. The highest BCUT2D eigenvalue weighted by Gasteiger charge is 2.28. The number of carbonyl (C=O) groups excluding carboxylic acids is 1. The molecule has 0 fully saturated rings. The third-order valence-corrected chi connectivity index (χ3v) is 7.30. The fourth-order valence-electron chi connectivity index (χ4n) is 2.92. The zero-order valence-corrected chi connectivity index (χ0v) is 20.0. The van der Waals surface area contributed by atoms with E-state index in [1.54, 1.807) is 12.1 Å². The van der Waals surface area contributed by atoms with E-state index in [2.05, 4.69) is 19.8 Å². The summed E-state index contributed by atoms with van der Waals surface area (Å²) < 4.78 is 83.8. The van der Waals surface area contributed by atoms with Crippen LogP contribution in [-0.2, 0) is 30.4 Å². The molecule has 0 aliphatic heterocycles. The molecule has 1 unspecified atom stereocenters. The minimum atomic E-state index is -4.15. The summed E-state index contributed by atoms with van der Waals surface area (Å²) in [5.74, 6) is -3.11. The van der Waals surface area contributed by atoms with Gasteiger partial charge in [0.1, 0.15) is 24.2 Å². The predicted octanol–water partition coefficient (Wildman–Crippen LogP) is 1.61. The highest BCUT2D eigenvalue weighted by Crippen LogP contribution is 2.23. The molecule has 0 spiro atoms. The first-order valence-corrected chi connectivity index (χ1v) is 13.2. The number of nitrogens with zero attached hydrogens (tertiary/aromatic N) is 2. The number of rotatable bonds is 11. The first-order chi connectivity index (χ1) is 16.4. The second-order valence-corrected chi connectivity index (χ2v) is 10.8. The van der Waals surface area contributed by atoms with E-state index in [0.717, 1.165) is 0 Å². The SMILES string of the molecule is C/C(=N\S(=O)(=O)c1ccccc1)NC(CS(=O)(=O)Cc1ccccc1OC(F)F)C(=O)NCC#N. The third-order valence-electron chi connectivity index (χ3n) is 4.32. The molecule has 0 aliphatic rings. The zero-order chi connectivity index (χ0) is 26.1. The fourth-order valence-corrected chi connectivity index (χ4v) is 5.51. The van der Waals surface area contributed by atoms with E-state index in [-0.39, 0.29) is 22.0 Å². The number of nitriles is 1. The van der Waals surface area contributed by atoms with Gasteiger partial charge >= 0.3 is 6.61 Å². The third kappa shape index (κ3) is 8.95. The molecule has 188 valence electrons. The lowest BCUT2D eigenvalue weighted by molar-refractivity contribution is -0.122. The number of carbonyl (C=O) groups is 1. The molecule has 1 amide bonds. The number of para-hydroxylation sites is 1. The lowest BCUT2D eigenvalue weighted by Crippen LogP contribution is -2.50. The minimum Gasteiger partial charge on any atom is -0.435 e. The van der Waals surface area contributed by atoms with Crippen molar-refractivity contribution in [2.24, 2.45) is 4.40 Å². The number of amides is 1. The smallest absolute Gasteiger partial charge is 0.387 e. The van der Waals surface area contributed by atoms with E-state index >= 15 is 0 Å². The Labute approximate surface area is 201 Å². The number of ether oxygens (including phenoxy) is 1. The van der Waals surface area contributed by atoms with E-state index in [9.17, 15) is 30.4 Å². The van der Waals surface area contributed by atoms with Crippen molar-refractivity contribution in [3.05, 3.63) is 60.2 Å². The normalized spacial score (nSPS) is 13.1. The summed E-state index contributed by atoms with van der Waals surface area (Å²) in [6, 6.07) is 12.6. The Hall–Kier alpha value is -3.57. The topological polar surface area (TPSA) is 155 Å². The molecule has 10 nitrogen and oxygen atoms in total. The van der Waals surface area contributed by atoms with Crippen molar-refractivity contribution >= 4 is 31.6 Å². The number of benzene rings is 2. The molecule has 1 atom stereocenters. The zero-order valence-electron chi connectivity index (χ0n) is 18.4. The molecule has 2 N–H and O–H groups in total. The van der Waals surface area contributed by atoms with Gasteiger partial charge in [-0.05, 0) is 25.1 Å². The molecule has 2 aromatic carbocycles. The van der Waals surface area contributed by atoms with Crippen LogP contribution in [0.1, 0.15) is 12.5 Å². The Morgan fingerprint density at radius 2 is 1.71 bits per heavy atom. The van der Waals surface area contributed by atoms with Gasteiger partial charge in [0.15, 0.2) is 9.84 Å². The standard InChI is InChI=1S/C21H22F2N4O6S2/c1-15(27-35(31,32)17-8-3-2-4-9-17)26-18(20(28)25-12-11-24)14-34(29,30)13-16-7-5-6-10-19(16)33-21(22)23/h2-10,18,21H,12-14H2,1H3,(H,25,28)(H,26,27). The highest BCUT2D eigenvalue weighted by molar-refractivity contribution is 7.90. The van der Waals surface area contributed by atoms with Crippen molar-refractivity contribution in [3.8, 4) is 11.8 Å². The van der Waals surface area contributed by atoms with Crippen LogP contribution in [0.2, 0.25) is 0 Å². The van der Waals surface area contributed by atoms with E-state index in [1.807, 2.05) is 0 Å². The van der Waals surface area contributed by atoms with Gasteiger partial charge in [-0.25, -0.2) is 8.42 Å². The quantitative estimate of drug-likeness (QED) is 0.253. The van der Waals surface area contributed by atoms with Gasteiger partial charge in [-0.2, -0.15) is 22.5 Å². The van der Waals surface area contributed by atoms with Crippen LogP contribution in [0, 0.1) is 11.3 Å². The number of hydrogen-bond donors (Lipinski definition) is 2. The molecule has 0 aromatic heterocycles. The first-order valence-electron chi connectivity index (χ1n) is 9.94.